The van der Waals surface area contributed by atoms with Gasteiger partial charge in [0.15, 0.2) is 0 Å². The summed E-state index contributed by atoms with van der Waals surface area (Å²) in [5.74, 6) is 1.80. The van der Waals surface area contributed by atoms with E-state index in [-0.39, 0.29) is 0 Å². The molecule has 0 aromatic heterocycles. The molecule has 0 bridgehead atoms. The number of benzene rings is 1. The third-order valence-electron chi connectivity index (χ3n) is 4.62. The second kappa shape index (κ2) is 8.40. The highest BCUT2D eigenvalue weighted by Crippen LogP contribution is 2.16. The van der Waals surface area contributed by atoms with Crippen molar-refractivity contribution in [2.24, 2.45) is 5.92 Å². The van der Waals surface area contributed by atoms with E-state index in [1.165, 1.54) is 44.5 Å². The average molecular weight is 290 g/mol. The predicted molar refractivity (Wildman–Crippen MR) is 89.0 cm³/mol. The van der Waals surface area contributed by atoms with E-state index in [1.54, 1.807) is 7.11 Å². The molecule has 0 amide bonds. The van der Waals surface area contributed by atoms with E-state index in [4.69, 9.17) is 4.74 Å². The average Bonchev–Trinajstić information content (AvgIpc) is 2.53. The fraction of sp³-hybridized carbons (Fsp3) is 0.667. The number of aryl methyl sites for hydroxylation is 1. The number of piperidine rings is 1. The summed E-state index contributed by atoms with van der Waals surface area (Å²) in [6.07, 6.45) is 5.01. The largest absolute Gasteiger partial charge is 0.497 e. The van der Waals surface area contributed by atoms with Gasteiger partial charge in [-0.05, 0) is 82.9 Å². The van der Waals surface area contributed by atoms with Crippen molar-refractivity contribution in [3.05, 3.63) is 29.8 Å². The molecular weight excluding hydrogens is 260 g/mol. The quantitative estimate of drug-likeness (QED) is 0.835. The summed E-state index contributed by atoms with van der Waals surface area (Å²) in [5.41, 5.74) is 1.39. The smallest absolute Gasteiger partial charge is 0.118 e. The van der Waals surface area contributed by atoms with Gasteiger partial charge in [-0.15, -0.1) is 0 Å². The molecule has 3 nitrogen and oxygen atoms in total. The Morgan fingerprint density at radius 3 is 2.52 bits per heavy atom. The van der Waals surface area contributed by atoms with E-state index in [1.807, 2.05) is 12.1 Å². The van der Waals surface area contributed by atoms with Crippen LogP contribution in [0.3, 0.4) is 0 Å². The first kappa shape index (κ1) is 16.3. The summed E-state index contributed by atoms with van der Waals surface area (Å²) in [6.45, 7) is 6.00. The number of likely N-dealkylation sites (tertiary alicyclic amines) is 1. The van der Waals surface area contributed by atoms with Crippen molar-refractivity contribution in [3.8, 4) is 5.75 Å². The molecule has 1 aliphatic heterocycles. The van der Waals surface area contributed by atoms with Gasteiger partial charge >= 0.3 is 0 Å². The number of ether oxygens (including phenoxy) is 1. The van der Waals surface area contributed by atoms with E-state index >= 15 is 0 Å². The summed E-state index contributed by atoms with van der Waals surface area (Å²) >= 11 is 0. The van der Waals surface area contributed by atoms with Crippen LogP contribution in [-0.2, 0) is 6.42 Å². The van der Waals surface area contributed by atoms with Gasteiger partial charge in [-0.1, -0.05) is 12.1 Å². The van der Waals surface area contributed by atoms with Crippen LogP contribution in [0.4, 0.5) is 0 Å². The van der Waals surface area contributed by atoms with Gasteiger partial charge < -0.3 is 15.0 Å². The van der Waals surface area contributed by atoms with Crippen LogP contribution >= 0.6 is 0 Å². The van der Waals surface area contributed by atoms with E-state index in [0.29, 0.717) is 6.04 Å². The molecule has 118 valence electrons. The van der Waals surface area contributed by atoms with Crippen LogP contribution in [0.2, 0.25) is 0 Å². The van der Waals surface area contributed by atoms with Crippen molar-refractivity contribution in [2.75, 3.05) is 33.8 Å². The van der Waals surface area contributed by atoms with Crippen LogP contribution in [0, 0.1) is 5.92 Å². The summed E-state index contributed by atoms with van der Waals surface area (Å²) in [5, 5.41) is 3.72. The lowest BCUT2D eigenvalue weighted by molar-refractivity contribution is 0.212. The Morgan fingerprint density at radius 2 is 1.90 bits per heavy atom. The van der Waals surface area contributed by atoms with Gasteiger partial charge in [-0.2, -0.15) is 0 Å². The molecule has 3 heteroatoms. The van der Waals surface area contributed by atoms with E-state index in [9.17, 15) is 0 Å². The van der Waals surface area contributed by atoms with Crippen molar-refractivity contribution in [2.45, 2.75) is 38.6 Å². The van der Waals surface area contributed by atoms with Gasteiger partial charge in [0, 0.05) is 6.04 Å². The van der Waals surface area contributed by atoms with Crippen molar-refractivity contribution in [1.29, 1.82) is 0 Å². The standard InChI is InChI=1S/C18H30N2O/c1-15(19-14-17-10-12-20(2)13-11-17)4-5-16-6-8-18(21-3)9-7-16/h6-9,15,17,19H,4-5,10-14H2,1-3H3. The highest BCUT2D eigenvalue weighted by molar-refractivity contribution is 5.27. The number of hydrogen-bond acceptors (Lipinski definition) is 3. The molecule has 0 radical (unpaired) electrons. The molecule has 1 unspecified atom stereocenters. The third-order valence-corrected chi connectivity index (χ3v) is 4.62. The van der Waals surface area contributed by atoms with Crippen molar-refractivity contribution >= 4 is 0 Å². The number of methoxy groups -OCH3 is 1. The zero-order valence-corrected chi connectivity index (χ0v) is 13.8. The highest BCUT2D eigenvalue weighted by atomic mass is 16.5. The molecule has 1 saturated heterocycles. The lowest BCUT2D eigenvalue weighted by Crippen LogP contribution is -2.37. The van der Waals surface area contributed by atoms with Crippen LogP contribution < -0.4 is 10.1 Å². The molecule has 1 heterocycles. The number of nitrogens with zero attached hydrogens (tertiary/aromatic N) is 1. The molecule has 0 aliphatic carbocycles. The summed E-state index contributed by atoms with van der Waals surface area (Å²) in [4.78, 5) is 2.43. The highest BCUT2D eigenvalue weighted by Gasteiger charge is 2.16. The topological polar surface area (TPSA) is 24.5 Å². The van der Waals surface area contributed by atoms with E-state index < -0.39 is 0 Å². The van der Waals surface area contributed by atoms with Crippen molar-refractivity contribution in [3.63, 3.8) is 0 Å². The fourth-order valence-electron chi connectivity index (χ4n) is 2.91. The molecule has 0 saturated carbocycles. The molecule has 1 aromatic rings. The maximum absolute atomic E-state index is 5.19. The lowest BCUT2D eigenvalue weighted by Gasteiger charge is -2.30. The number of rotatable bonds is 7. The SMILES string of the molecule is COc1ccc(CCC(C)NCC2CCN(C)CC2)cc1. The van der Waals surface area contributed by atoms with Crippen LogP contribution in [0.5, 0.6) is 5.75 Å². The monoisotopic (exact) mass is 290 g/mol. The van der Waals surface area contributed by atoms with Crippen LogP contribution in [0.1, 0.15) is 31.7 Å². The fourth-order valence-corrected chi connectivity index (χ4v) is 2.91. The molecule has 2 rings (SSSR count). The van der Waals surface area contributed by atoms with Gasteiger partial charge in [0.25, 0.3) is 0 Å². The molecule has 1 aliphatic rings. The number of nitrogens with one attached hydrogen (secondary N) is 1. The minimum Gasteiger partial charge on any atom is -0.497 e. The zero-order chi connectivity index (χ0) is 15.1. The third kappa shape index (κ3) is 5.68. The van der Waals surface area contributed by atoms with E-state index in [2.05, 4.69) is 36.3 Å². The van der Waals surface area contributed by atoms with Crippen LogP contribution in [0.15, 0.2) is 24.3 Å². The maximum Gasteiger partial charge on any atom is 0.118 e. The molecule has 1 atom stereocenters. The van der Waals surface area contributed by atoms with Crippen molar-refractivity contribution < 1.29 is 4.74 Å². The van der Waals surface area contributed by atoms with Crippen LogP contribution in [-0.4, -0.2) is 44.7 Å². The van der Waals surface area contributed by atoms with Gasteiger partial charge in [-0.3, -0.25) is 0 Å². The van der Waals surface area contributed by atoms with Crippen LogP contribution in [0.25, 0.3) is 0 Å². The van der Waals surface area contributed by atoms with Gasteiger partial charge in [-0.25, -0.2) is 0 Å². The van der Waals surface area contributed by atoms with Gasteiger partial charge in [0.1, 0.15) is 5.75 Å². The molecule has 1 fully saturated rings. The van der Waals surface area contributed by atoms with Gasteiger partial charge in [0.05, 0.1) is 7.11 Å². The molecule has 0 spiro atoms. The Kier molecular flexibility index (Phi) is 6.52. The maximum atomic E-state index is 5.19. The molecule has 1 aromatic carbocycles. The Balaban J connectivity index is 1.63. The predicted octanol–water partition coefficient (Wildman–Crippen LogP) is 2.95. The Morgan fingerprint density at radius 1 is 1.24 bits per heavy atom. The minimum absolute atomic E-state index is 0.590. The molecule has 1 N–H and O–H groups in total. The number of hydrogen-bond donors (Lipinski definition) is 1. The molecule has 21 heavy (non-hydrogen) atoms. The summed E-state index contributed by atoms with van der Waals surface area (Å²) in [7, 11) is 3.94. The minimum atomic E-state index is 0.590. The normalized spacial score (nSPS) is 18.6. The summed E-state index contributed by atoms with van der Waals surface area (Å²) < 4.78 is 5.19. The first-order valence-electron chi connectivity index (χ1n) is 8.22. The Bertz CT molecular complexity index is 396. The van der Waals surface area contributed by atoms with Crippen molar-refractivity contribution in [1.82, 2.24) is 10.2 Å². The lowest BCUT2D eigenvalue weighted by atomic mass is 9.96. The van der Waals surface area contributed by atoms with E-state index in [0.717, 1.165) is 18.1 Å². The molecular formula is C18H30N2O. The first-order valence-corrected chi connectivity index (χ1v) is 8.22. The second-order valence-corrected chi connectivity index (χ2v) is 6.44. The summed E-state index contributed by atoms with van der Waals surface area (Å²) in [6, 6.07) is 9.02. The first-order chi connectivity index (χ1) is 10.2. The zero-order valence-electron chi connectivity index (χ0n) is 13.8. The second-order valence-electron chi connectivity index (χ2n) is 6.44. The Hall–Kier alpha value is -1.06. The Labute approximate surface area is 129 Å². The van der Waals surface area contributed by atoms with Gasteiger partial charge in [0.2, 0.25) is 0 Å².